The fraction of sp³-hybridized carbons (Fsp3) is 0.350. The van der Waals surface area contributed by atoms with Crippen LogP contribution in [0.5, 0.6) is 5.75 Å². The van der Waals surface area contributed by atoms with E-state index in [4.69, 9.17) is 4.74 Å². The van der Waals surface area contributed by atoms with Gasteiger partial charge in [-0.05, 0) is 62.6 Å². The van der Waals surface area contributed by atoms with Crippen LogP contribution in [0.15, 0.2) is 36.4 Å². The first kappa shape index (κ1) is 17.1. The highest BCUT2D eigenvalue weighted by Crippen LogP contribution is 2.16. The average molecular weight is 311 g/mol. The predicted molar refractivity (Wildman–Crippen MR) is 94.3 cm³/mol. The van der Waals surface area contributed by atoms with E-state index in [-0.39, 0.29) is 5.91 Å². The molecule has 0 atom stereocenters. The van der Waals surface area contributed by atoms with E-state index in [1.165, 1.54) is 16.7 Å². The highest BCUT2D eigenvalue weighted by atomic mass is 16.5. The Kier molecular flexibility index (Phi) is 5.43. The molecule has 3 heteroatoms. The number of nitrogens with zero attached hydrogens (tertiary/aromatic N) is 1. The number of likely N-dealkylation sites (N-methyl/N-ethyl adjacent to an activating group) is 1. The number of aryl methyl sites for hydroxylation is 4. The van der Waals surface area contributed by atoms with Crippen LogP contribution in [0.4, 0.5) is 0 Å². The molecule has 0 spiro atoms. The van der Waals surface area contributed by atoms with Crippen molar-refractivity contribution in [1.82, 2.24) is 4.90 Å². The molecule has 0 radical (unpaired) electrons. The molecule has 0 fully saturated rings. The fourth-order valence-electron chi connectivity index (χ4n) is 2.68. The molecule has 122 valence electrons. The van der Waals surface area contributed by atoms with Crippen molar-refractivity contribution in [2.45, 2.75) is 27.7 Å². The lowest BCUT2D eigenvalue weighted by Crippen LogP contribution is -2.31. The van der Waals surface area contributed by atoms with Crippen molar-refractivity contribution in [1.29, 1.82) is 0 Å². The van der Waals surface area contributed by atoms with Crippen molar-refractivity contribution in [3.8, 4) is 5.75 Å². The number of hydrogen-bond acceptors (Lipinski definition) is 2. The molecule has 0 aromatic heterocycles. The molecule has 0 N–H and O–H groups in total. The summed E-state index contributed by atoms with van der Waals surface area (Å²) in [6.07, 6.45) is 0. The Bertz CT molecular complexity index is 687. The number of carbonyl (C=O) groups excluding carboxylic acids is 1. The molecule has 0 saturated carbocycles. The molecular formula is C20H25NO2. The zero-order valence-electron chi connectivity index (χ0n) is 14.6. The van der Waals surface area contributed by atoms with Crippen LogP contribution in [-0.4, -0.2) is 31.0 Å². The van der Waals surface area contributed by atoms with Gasteiger partial charge in [0.1, 0.15) is 12.4 Å². The third-order valence-electron chi connectivity index (χ3n) is 3.85. The number of hydrogen-bond donors (Lipinski definition) is 0. The molecule has 2 aromatic rings. The molecule has 0 unspecified atom stereocenters. The van der Waals surface area contributed by atoms with Crippen LogP contribution in [0, 0.1) is 27.7 Å². The van der Waals surface area contributed by atoms with Crippen LogP contribution in [0.2, 0.25) is 0 Å². The van der Waals surface area contributed by atoms with Gasteiger partial charge in [-0.25, -0.2) is 0 Å². The normalized spacial score (nSPS) is 10.5. The Balaban J connectivity index is 1.93. The first-order valence-electron chi connectivity index (χ1n) is 7.90. The maximum Gasteiger partial charge on any atom is 0.253 e. The van der Waals surface area contributed by atoms with Crippen molar-refractivity contribution in [2.24, 2.45) is 0 Å². The van der Waals surface area contributed by atoms with Gasteiger partial charge in [-0.1, -0.05) is 23.8 Å². The molecule has 23 heavy (non-hydrogen) atoms. The number of ether oxygens (including phenoxy) is 1. The van der Waals surface area contributed by atoms with Crippen LogP contribution < -0.4 is 4.74 Å². The Morgan fingerprint density at radius 2 is 1.61 bits per heavy atom. The van der Waals surface area contributed by atoms with E-state index in [0.717, 1.165) is 16.9 Å². The second kappa shape index (κ2) is 7.32. The molecule has 0 bridgehead atoms. The van der Waals surface area contributed by atoms with Crippen molar-refractivity contribution in [3.05, 3.63) is 64.2 Å². The molecular weight excluding hydrogens is 286 g/mol. The Hall–Kier alpha value is -2.29. The van der Waals surface area contributed by atoms with E-state index >= 15 is 0 Å². The van der Waals surface area contributed by atoms with Gasteiger partial charge in [-0.2, -0.15) is 0 Å². The van der Waals surface area contributed by atoms with Gasteiger partial charge in [-0.3, -0.25) is 4.79 Å². The van der Waals surface area contributed by atoms with E-state index in [9.17, 15) is 4.79 Å². The number of rotatable bonds is 5. The summed E-state index contributed by atoms with van der Waals surface area (Å²) in [6, 6.07) is 12.0. The third kappa shape index (κ3) is 4.59. The van der Waals surface area contributed by atoms with Crippen molar-refractivity contribution < 1.29 is 9.53 Å². The van der Waals surface area contributed by atoms with E-state index in [1.54, 1.807) is 4.90 Å². The lowest BCUT2D eigenvalue weighted by atomic mass is 10.0. The lowest BCUT2D eigenvalue weighted by Gasteiger charge is -2.19. The van der Waals surface area contributed by atoms with Crippen molar-refractivity contribution in [2.75, 3.05) is 20.2 Å². The van der Waals surface area contributed by atoms with Crippen molar-refractivity contribution in [3.63, 3.8) is 0 Å². The highest BCUT2D eigenvalue weighted by Gasteiger charge is 2.14. The summed E-state index contributed by atoms with van der Waals surface area (Å²) < 4.78 is 5.78. The third-order valence-corrected chi connectivity index (χ3v) is 3.85. The topological polar surface area (TPSA) is 29.5 Å². The maximum atomic E-state index is 12.5. The van der Waals surface area contributed by atoms with Gasteiger partial charge in [0.15, 0.2) is 0 Å². The summed E-state index contributed by atoms with van der Waals surface area (Å²) >= 11 is 0. The van der Waals surface area contributed by atoms with Gasteiger partial charge in [0, 0.05) is 12.6 Å². The summed E-state index contributed by atoms with van der Waals surface area (Å²) in [4.78, 5) is 14.2. The van der Waals surface area contributed by atoms with E-state index in [2.05, 4.69) is 19.9 Å². The highest BCUT2D eigenvalue weighted by molar-refractivity contribution is 5.95. The molecule has 0 heterocycles. The van der Waals surface area contributed by atoms with E-state index in [1.807, 2.05) is 51.2 Å². The molecule has 3 nitrogen and oxygen atoms in total. The standard InChI is InChI=1S/C20H25NO2/c1-14-6-7-19(17(4)11-14)20(22)21(5)8-9-23-18-12-15(2)10-16(3)13-18/h6-7,10-13H,8-9H2,1-5H3. The smallest absolute Gasteiger partial charge is 0.253 e. The Labute approximate surface area is 138 Å². The summed E-state index contributed by atoms with van der Waals surface area (Å²) in [5.41, 5.74) is 5.29. The molecule has 0 saturated heterocycles. The molecule has 0 aliphatic rings. The monoisotopic (exact) mass is 311 g/mol. The van der Waals surface area contributed by atoms with Crippen molar-refractivity contribution >= 4 is 5.91 Å². The SMILES string of the molecule is Cc1cc(C)cc(OCCN(C)C(=O)c2ccc(C)cc2C)c1. The maximum absolute atomic E-state index is 12.5. The minimum absolute atomic E-state index is 0.0338. The van der Waals surface area contributed by atoms with Crippen LogP contribution in [-0.2, 0) is 0 Å². The van der Waals surface area contributed by atoms with Gasteiger partial charge in [-0.15, -0.1) is 0 Å². The minimum Gasteiger partial charge on any atom is -0.492 e. The quantitative estimate of drug-likeness (QED) is 0.833. The fourth-order valence-corrected chi connectivity index (χ4v) is 2.68. The lowest BCUT2D eigenvalue weighted by molar-refractivity contribution is 0.0773. The Morgan fingerprint density at radius 3 is 2.22 bits per heavy atom. The second-order valence-corrected chi connectivity index (χ2v) is 6.22. The number of benzene rings is 2. The van der Waals surface area contributed by atoms with Gasteiger partial charge in [0.2, 0.25) is 0 Å². The zero-order chi connectivity index (χ0) is 17.0. The summed E-state index contributed by atoms with van der Waals surface area (Å²) in [5.74, 6) is 0.890. The van der Waals surface area contributed by atoms with Crippen LogP contribution >= 0.6 is 0 Å². The van der Waals surface area contributed by atoms with Crippen LogP contribution in [0.3, 0.4) is 0 Å². The summed E-state index contributed by atoms with van der Waals surface area (Å²) in [7, 11) is 1.81. The second-order valence-electron chi connectivity index (χ2n) is 6.22. The summed E-state index contributed by atoms with van der Waals surface area (Å²) in [5, 5.41) is 0. The number of carbonyl (C=O) groups is 1. The molecule has 2 rings (SSSR count). The molecule has 1 amide bonds. The van der Waals surface area contributed by atoms with Gasteiger partial charge < -0.3 is 9.64 Å². The summed E-state index contributed by atoms with van der Waals surface area (Å²) in [6.45, 7) is 9.14. The zero-order valence-corrected chi connectivity index (χ0v) is 14.6. The molecule has 0 aliphatic carbocycles. The van der Waals surface area contributed by atoms with E-state index in [0.29, 0.717) is 13.2 Å². The molecule has 0 aliphatic heterocycles. The van der Waals surface area contributed by atoms with Gasteiger partial charge in [0.25, 0.3) is 5.91 Å². The first-order valence-corrected chi connectivity index (χ1v) is 7.90. The largest absolute Gasteiger partial charge is 0.492 e. The first-order chi connectivity index (χ1) is 10.9. The van der Waals surface area contributed by atoms with Gasteiger partial charge in [0.05, 0.1) is 6.54 Å². The van der Waals surface area contributed by atoms with E-state index < -0.39 is 0 Å². The number of amides is 1. The average Bonchev–Trinajstić information content (AvgIpc) is 2.45. The minimum atomic E-state index is 0.0338. The molecule has 2 aromatic carbocycles. The van der Waals surface area contributed by atoms with Crippen LogP contribution in [0.1, 0.15) is 32.6 Å². The van der Waals surface area contributed by atoms with Crippen LogP contribution in [0.25, 0.3) is 0 Å². The predicted octanol–water partition coefficient (Wildman–Crippen LogP) is 4.07. The Morgan fingerprint density at radius 1 is 0.957 bits per heavy atom. The van der Waals surface area contributed by atoms with Gasteiger partial charge >= 0.3 is 0 Å².